The molecule has 2 atom stereocenters. The number of nitrogens with one attached hydrogen (secondary N) is 1. The van der Waals surface area contributed by atoms with Crippen molar-refractivity contribution in [3.63, 3.8) is 0 Å². The van der Waals surface area contributed by atoms with Gasteiger partial charge in [-0.15, -0.1) is 0 Å². The molecule has 1 aliphatic rings. The summed E-state index contributed by atoms with van der Waals surface area (Å²) in [5, 5.41) is 3.18. The molecule has 1 saturated heterocycles. The van der Waals surface area contributed by atoms with E-state index in [1.165, 1.54) is 5.69 Å². The van der Waals surface area contributed by atoms with Crippen LogP contribution >= 0.6 is 0 Å². The second-order valence-corrected chi connectivity index (χ2v) is 6.06. The van der Waals surface area contributed by atoms with Crippen LogP contribution in [0.3, 0.4) is 0 Å². The van der Waals surface area contributed by atoms with Crippen LogP contribution in [0, 0.1) is 0 Å². The highest BCUT2D eigenvalue weighted by molar-refractivity contribution is 5.76. The molecule has 6 nitrogen and oxygen atoms in total. The number of likely N-dealkylation sites (tertiary alicyclic amines) is 1. The fourth-order valence-corrected chi connectivity index (χ4v) is 3.14. The Bertz CT molecular complexity index is 620. The van der Waals surface area contributed by atoms with Crippen molar-refractivity contribution in [1.29, 1.82) is 0 Å². The minimum Gasteiger partial charge on any atom is -0.472 e. The van der Waals surface area contributed by atoms with Crippen molar-refractivity contribution in [3.8, 4) is 0 Å². The monoisotopic (exact) mass is 302 g/mol. The zero-order chi connectivity index (χ0) is 15.5. The van der Waals surface area contributed by atoms with Crippen molar-refractivity contribution < 1.29 is 9.21 Å². The second-order valence-electron chi connectivity index (χ2n) is 6.06. The van der Waals surface area contributed by atoms with E-state index in [0.717, 1.165) is 18.7 Å². The van der Waals surface area contributed by atoms with Crippen molar-refractivity contribution in [3.05, 3.63) is 42.4 Å². The summed E-state index contributed by atoms with van der Waals surface area (Å²) in [6.45, 7) is 1.81. The van der Waals surface area contributed by atoms with Gasteiger partial charge in [-0.05, 0) is 25.1 Å². The number of carbonyl (C=O) groups is 1. The minimum atomic E-state index is 0.0914. The van der Waals surface area contributed by atoms with Gasteiger partial charge in [-0.2, -0.15) is 0 Å². The highest BCUT2D eigenvalue weighted by Gasteiger charge is 2.34. The van der Waals surface area contributed by atoms with E-state index in [0.29, 0.717) is 12.8 Å². The van der Waals surface area contributed by atoms with Crippen molar-refractivity contribution in [2.24, 2.45) is 7.05 Å². The molecule has 0 spiro atoms. The maximum Gasteiger partial charge on any atom is 0.220 e. The van der Waals surface area contributed by atoms with Crippen LogP contribution in [0.5, 0.6) is 0 Å². The molecular formula is C16H22N4O2. The number of aryl methyl sites for hydroxylation is 2. The number of carbonyl (C=O) groups excluding carboxylic acids is 1. The first-order chi connectivity index (χ1) is 10.6. The van der Waals surface area contributed by atoms with Crippen LogP contribution in [0.2, 0.25) is 0 Å². The van der Waals surface area contributed by atoms with Gasteiger partial charge in [-0.1, -0.05) is 0 Å². The molecule has 1 fully saturated rings. The van der Waals surface area contributed by atoms with Gasteiger partial charge in [0.15, 0.2) is 0 Å². The molecule has 0 aliphatic carbocycles. The summed E-state index contributed by atoms with van der Waals surface area (Å²) in [4.78, 5) is 18.7. The van der Waals surface area contributed by atoms with E-state index in [2.05, 4.69) is 22.2 Å². The minimum absolute atomic E-state index is 0.0914. The Balaban J connectivity index is 1.60. The molecule has 0 aromatic carbocycles. The van der Waals surface area contributed by atoms with E-state index in [1.54, 1.807) is 12.5 Å². The predicted molar refractivity (Wildman–Crippen MR) is 82.4 cm³/mol. The summed E-state index contributed by atoms with van der Waals surface area (Å²) in [6.07, 6.45) is 8.23. The third kappa shape index (κ3) is 3.22. The molecule has 0 radical (unpaired) electrons. The summed E-state index contributed by atoms with van der Waals surface area (Å²) in [7, 11) is 4.08. The van der Waals surface area contributed by atoms with Gasteiger partial charge in [0.1, 0.15) is 0 Å². The quantitative estimate of drug-likeness (QED) is 0.900. The fourth-order valence-electron chi connectivity index (χ4n) is 3.14. The standard InChI is InChI=1S/C16H22N4O2/c1-19-8-13(15-7-17-11-20(15)2)14(9-19)18-16(21)4-3-12-5-6-22-10-12/h5-7,10-11,13-14H,3-4,8-9H2,1-2H3,(H,18,21)/t13-,14-/m1/s1. The molecule has 2 aromatic rings. The zero-order valence-electron chi connectivity index (χ0n) is 13.0. The van der Waals surface area contributed by atoms with Crippen LogP contribution in [0.15, 0.2) is 35.5 Å². The average molecular weight is 302 g/mol. The topological polar surface area (TPSA) is 63.3 Å². The fraction of sp³-hybridized carbons (Fsp3) is 0.500. The van der Waals surface area contributed by atoms with Gasteiger partial charge in [0.25, 0.3) is 0 Å². The first-order valence-electron chi connectivity index (χ1n) is 7.58. The third-order valence-corrected chi connectivity index (χ3v) is 4.30. The summed E-state index contributed by atoms with van der Waals surface area (Å²) in [5.74, 6) is 0.379. The SMILES string of the molecule is CN1C[C@@H](NC(=O)CCc2ccoc2)[C@H](c2cncn2C)C1. The molecule has 0 bridgehead atoms. The number of imidazole rings is 1. The lowest BCUT2D eigenvalue weighted by Crippen LogP contribution is -2.40. The van der Waals surface area contributed by atoms with Gasteiger partial charge < -0.3 is 19.2 Å². The molecule has 3 rings (SSSR count). The number of aromatic nitrogens is 2. The Morgan fingerprint density at radius 1 is 1.45 bits per heavy atom. The van der Waals surface area contributed by atoms with E-state index in [1.807, 2.05) is 30.2 Å². The van der Waals surface area contributed by atoms with Crippen LogP contribution in [-0.4, -0.2) is 46.5 Å². The van der Waals surface area contributed by atoms with Gasteiger partial charge in [0.2, 0.25) is 5.91 Å². The van der Waals surface area contributed by atoms with Crippen molar-refractivity contribution in [2.75, 3.05) is 20.1 Å². The molecule has 1 N–H and O–H groups in total. The number of furan rings is 1. The molecule has 22 heavy (non-hydrogen) atoms. The molecular weight excluding hydrogens is 280 g/mol. The number of hydrogen-bond acceptors (Lipinski definition) is 4. The largest absolute Gasteiger partial charge is 0.472 e. The Kier molecular flexibility index (Phi) is 4.29. The number of hydrogen-bond donors (Lipinski definition) is 1. The lowest BCUT2D eigenvalue weighted by atomic mass is 9.99. The van der Waals surface area contributed by atoms with Crippen molar-refractivity contribution in [2.45, 2.75) is 24.8 Å². The highest BCUT2D eigenvalue weighted by Crippen LogP contribution is 2.26. The molecule has 118 valence electrons. The molecule has 1 aliphatic heterocycles. The van der Waals surface area contributed by atoms with E-state index >= 15 is 0 Å². The van der Waals surface area contributed by atoms with Crippen molar-refractivity contribution in [1.82, 2.24) is 19.8 Å². The van der Waals surface area contributed by atoms with Gasteiger partial charge in [0, 0.05) is 44.4 Å². The molecule has 0 unspecified atom stereocenters. The average Bonchev–Trinajstić information content (AvgIpc) is 3.18. The maximum atomic E-state index is 12.2. The van der Waals surface area contributed by atoms with Crippen LogP contribution in [0.25, 0.3) is 0 Å². The second kappa shape index (κ2) is 6.36. The van der Waals surface area contributed by atoms with Crippen molar-refractivity contribution >= 4 is 5.91 Å². The Morgan fingerprint density at radius 2 is 2.32 bits per heavy atom. The van der Waals surface area contributed by atoms with Gasteiger partial charge >= 0.3 is 0 Å². The lowest BCUT2D eigenvalue weighted by Gasteiger charge is -2.20. The number of rotatable bonds is 5. The van der Waals surface area contributed by atoms with Gasteiger partial charge in [0.05, 0.1) is 24.9 Å². The third-order valence-electron chi connectivity index (χ3n) is 4.30. The summed E-state index contributed by atoms with van der Waals surface area (Å²) in [6, 6.07) is 2.03. The van der Waals surface area contributed by atoms with E-state index < -0.39 is 0 Å². The summed E-state index contributed by atoms with van der Waals surface area (Å²) >= 11 is 0. The Labute approximate surface area is 130 Å². The van der Waals surface area contributed by atoms with E-state index in [4.69, 9.17) is 4.42 Å². The van der Waals surface area contributed by atoms with E-state index in [9.17, 15) is 4.79 Å². The first kappa shape index (κ1) is 14.8. The van der Waals surface area contributed by atoms with E-state index in [-0.39, 0.29) is 17.9 Å². The molecule has 3 heterocycles. The normalized spacial score (nSPS) is 22.1. The maximum absolute atomic E-state index is 12.2. The summed E-state index contributed by atoms with van der Waals surface area (Å²) < 4.78 is 7.06. The van der Waals surface area contributed by atoms with Crippen LogP contribution in [0.4, 0.5) is 0 Å². The molecule has 2 aromatic heterocycles. The summed E-state index contributed by atoms with van der Waals surface area (Å²) in [5.41, 5.74) is 2.23. The number of likely N-dealkylation sites (N-methyl/N-ethyl adjacent to an activating group) is 1. The zero-order valence-corrected chi connectivity index (χ0v) is 13.0. The lowest BCUT2D eigenvalue weighted by molar-refractivity contribution is -0.121. The number of amides is 1. The van der Waals surface area contributed by atoms with Crippen LogP contribution in [-0.2, 0) is 18.3 Å². The molecule has 0 saturated carbocycles. The first-order valence-corrected chi connectivity index (χ1v) is 7.58. The molecule has 1 amide bonds. The smallest absolute Gasteiger partial charge is 0.220 e. The van der Waals surface area contributed by atoms with Crippen LogP contribution < -0.4 is 5.32 Å². The van der Waals surface area contributed by atoms with Gasteiger partial charge in [-0.25, -0.2) is 4.98 Å². The predicted octanol–water partition coefficient (Wildman–Crippen LogP) is 1.16. The van der Waals surface area contributed by atoms with Crippen LogP contribution in [0.1, 0.15) is 23.6 Å². The molecule has 6 heteroatoms. The Hall–Kier alpha value is -2.08. The Morgan fingerprint density at radius 3 is 3.00 bits per heavy atom. The van der Waals surface area contributed by atoms with Gasteiger partial charge in [-0.3, -0.25) is 4.79 Å². The number of nitrogens with zero attached hydrogens (tertiary/aromatic N) is 3. The highest BCUT2D eigenvalue weighted by atomic mass is 16.3.